The van der Waals surface area contributed by atoms with Crippen LogP contribution in [0.5, 0.6) is 0 Å². The minimum absolute atomic E-state index is 0.0309. The van der Waals surface area contributed by atoms with Crippen molar-refractivity contribution in [2.75, 3.05) is 17.7 Å². The van der Waals surface area contributed by atoms with E-state index in [2.05, 4.69) is 15.5 Å². The van der Waals surface area contributed by atoms with Gasteiger partial charge in [0.25, 0.3) is 0 Å². The summed E-state index contributed by atoms with van der Waals surface area (Å²) in [7, 11) is -0.896. The number of nitrogens with two attached hydrogens (primary N) is 1. The van der Waals surface area contributed by atoms with Gasteiger partial charge in [-0.3, -0.25) is 4.21 Å². The summed E-state index contributed by atoms with van der Waals surface area (Å²) < 4.78 is 13.0. The molecule has 0 fully saturated rings. The van der Waals surface area contributed by atoms with Crippen LogP contribution in [-0.2, 0) is 10.8 Å². The van der Waals surface area contributed by atoms with Gasteiger partial charge in [-0.25, -0.2) is 4.68 Å². The lowest BCUT2D eigenvalue weighted by Crippen LogP contribution is -2.16. The number of rotatable bonds is 4. The number of nitrogens with zero attached hydrogens (tertiary/aromatic N) is 4. The van der Waals surface area contributed by atoms with Crippen molar-refractivity contribution in [2.45, 2.75) is 19.9 Å². The van der Waals surface area contributed by atoms with Crippen LogP contribution < -0.4 is 5.73 Å². The Balaban J connectivity index is 2.44. The van der Waals surface area contributed by atoms with E-state index in [1.165, 1.54) is 0 Å². The Hall–Kier alpha value is -1.76. The molecule has 1 heterocycles. The molecule has 102 valence electrons. The number of benzene rings is 1. The van der Waals surface area contributed by atoms with E-state index in [4.69, 9.17) is 5.73 Å². The maximum Gasteiger partial charge on any atom is 0.182 e. The van der Waals surface area contributed by atoms with Crippen molar-refractivity contribution < 1.29 is 4.21 Å². The highest BCUT2D eigenvalue weighted by atomic mass is 32.2. The van der Waals surface area contributed by atoms with E-state index in [1.807, 2.05) is 32.0 Å². The summed E-state index contributed by atoms with van der Waals surface area (Å²) in [6.07, 6.45) is 1.67. The van der Waals surface area contributed by atoms with Gasteiger partial charge in [-0.05, 0) is 35.9 Å². The molecule has 0 spiro atoms. The van der Waals surface area contributed by atoms with Gasteiger partial charge in [0.2, 0.25) is 0 Å². The molecule has 6 nitrogen and oxygen atoms in total. The molecule has 19 heavy (non-hydrogen) atoms. The number of anilines is 1. The zero-order chi connectivity index (χ0) is 14.0. The second-order valence-electron chi connectivity index (χ2n) is 4.56. The summed E-state index contributed by atoms with van der Waals surface area (Å²) >= 11 is 0. The molecule has 0 aliphatic rings. The third kappa shape index (κ3) is 2.81. The maximum absolute atomic E-state index is 11.3. The number of tetrazole rings is 1. The van der Waals surface area contributed by atoms with Crippen LogP contribution in [-0.4, -0.2) is 36.4 Å². The van der Waals surface area contributed by atoms with Crippen molar-refractivity contribution in [3.63, 3.8) is 0 Å². The lowest BCUT2D eigenvalue weighted by Gasteiger charge is -2.13. The van der Waals surface area contributed by atoms with Crippen LogP contribution in [0.15, 0.2) is 18.2 Å². The highest BCUT2D eigenvalue weighted by Gasteiger charge is 2.17. The number of hydrogen-bond donors (Lipinski definition) is 1. The summed E-state index contributed by atoms with van der Waals surface area (Å²) in [5.41, 5.74) is 8.46. The van der Waals surface area contributed by atoms with E-state index in [-0.39, 0.29) is 6.04 Å². The molecular formula is C12H17N5OS. The van der Waals surface area contributed by atoms with E-state index >= 15 is 0 Å². The molecule has 0 bridgehead atoms. The molecule has 0 amide bonds. The average Bonchev–Trinajstić information content (AvgIpc) is 2.80. The molecule has 2 aromatic rings. The SMILES string of the molecule is Cc1c(N)cccc1-c1nnnn1C(C)CS(C)=O. The van der Waals surface area contributed by atoms with Crippen molar-refractivity contribution in [3.8, 4) is 11.4 Å². The summed E-state index contributed by atoms with van der Waals surface area (Å²) in [5.74, 6) is 1.17. The third-order valence-corrected chi connectivity index (χ3v) is 3.95. The van der Waals surface area contributed by atoms with Gasteiger partial charge in [-0.1, -0.05) is 12.1 Å². The smallest absolute Gasteiger partial charge is 0.182 e. The second kappa shape index (κ2) is 5.48. The van der Waals surface area contributed by atoms with Crippen LogP contribution in [0.1, 0.15) is 18.5 Å². The molecule has 1 aromatic heterocycles. The molecular weight excluding hydrogens is 262 g/mol. The summed E-state index contributed by atoms with van der Waals surface area (Å²) in [6.45, 7) is 3.88. The number of hydrogen-bond acceptors (Lipinski definition) is 5. The Morgan fingerprint density at radius 1 is 1.47 bits per heavy atom. The third-order valence-electron chi connectivity index (χ3n) is 3.00. The molecule has 2 atom stereocenters. The normalized spacial score (nSPS) is 14.3. The lowest BCUT2D eigenvalue weighted by molar-refractivity contribution is 0.521. The van der Waals surface area contributed by atoms with E-state index in [1.54, 1.807) is 10.9 Å². The standard InChI is InChI=1S/C12H17N5OS/c1-8(7-19(3)18)17-12(14-15-16-17)10-5-4-6-11(13)9(10)2/h4-6,8H,7,13H2,1-3H3. The molecule has 2 N–H and O–H groups in total. The van der Waals surface area contributed by atoms with Crippen molar-refractivity contribution >= 4 is 16.5 Å². The van der Waals surface area contributed by atoms with Gasteiger partial charge in [-0.15, -0.1) is 5.10 Å². The fourth-order valence-electron chi connectivity index (χ4n) is 1.97. The first kappa shape index (κ1) is 13.7. The lowest BCUT2D eigenvalue weighted by atomic mass is 10.1. The molecule has 0 radical (unpaired) electrons. The number of aromatic nitrogens is 4. The topological polar surface area (TPSA) is 86.7 Å². The van der Waals surface area contributed by atoms with Crippen LogP contribution in [0.2, 0.25) is 0 Å². The van der Waals surface area contributed by atoms with Crippen molar-refractivity contribution in [1.82, 2.24) is 20.2 Å². The van der Waals surface area contributed by atoms with Gasteiger partial charge in [0.1, 0.15) is 0 Å². The van der Waals surface area contributed by atoms with Gasteiger partial charge >= 0.3 is 0 Å². The molecule has 2 rings (SSSR count). The van der Waals surface area contributed by atoms with Crippen LogP contribution in [0.25, 0.3) is 11.4 Å². The number of nitrogen functional groups attached to an aromatic ring is 1. The quantitative estimate of drug-likeness (QED) is 0.849. The molecule has 2 unspecified atom stereocenters. The average molecular weight is 279 g/mol. The Morgan fingerprint density at radius 2 is 2.21 bits per heavy atom. The van der Waals surface area contributed by atoms with E-state index in [0.29, 0.717) is 17.3 Å². The minimum Gasteiger partial charge on any atom is -0.398 e. The zero-order valence-corrected chi connectivity index (χ0v) is 12.0. The van der Waals surface area contributed by atoms with Crippen LogP contribution in [0.3, 0.4) is 0 Å². The van der Waals surface area contributed by atoms with Crippen LogP contribution in [0.4, 0.5) is 5.69 Å². The van der Waals surface area contributed by atoms with Gasteiger partial charge in [0.05, 0.1) is 6.04 Å². The second-order valence-corrected chi connectivity index (χ2v) is 6.04. The first-order valence-electron chi connectivity index (χ1n) is 5.94. The van der Waals surface area contributed by atoms with Crippen molar-refractivity contribution in [2.24, 2.45) is 0 Å². The largest absolute Gasteiger partial charge is 0.398 e. The first-order chi connectivity index (χ1) is 9.00. The predicted octanol–water partition coefficient (Wildman–Crippen LogP) is 1.17. The predicted molar refractivity (Wildman–Crippen MR) is 76.0 cm³/mol. The molecule has 0 aliphatic heterocycles. The Kier molecular flexibility index (Phi) is 3.94. The Bertz CT molecular complexity index is 610. The van der Waals surface area contributed by atoms with E-state index in [9.17, 15) is 4.21 Å². The fourth-order valence-corrected chi connectivity index (χ4v) is 2.79. The fraction of sp³-hybridized carbons (Fsp3) is 0.417. The molecule has 7 heteroatoms. The van der Waals surface area contributed by atoms with Gasteiger partial charge in [-0.2, -0.15) is 0 Å². The Labute approximate surface area is 114 Å². The minimum atomic E-state index is -0.896. The molecule has 0 aliphatic carbocycles. The van der Waals surface area contributed by atoms with E-state index < -0.39 is 10.8 Å². The molecule has 1 aromatic carbocycles. The monoisotopic (exact) mass is 279 g/mol. The maximum atomic E-state index is 11.3. The van der Waals surface area contributed by atoms with Gasteiger partial charge in [0.15, 0.2) is 5.82 Å². The van der Waals surface area contributed by atoms with Crippen LogP contribution >= 0.6 is 0 Å². The molecule has 0 saturated carbocycles. The summed E-state index contributed by atoms with van der Waals surface area (Å²) in [6, 6.07) is 5.62. The van der Waals surface area contributed by atoms with Gasteiger partial charge in [0, 0.05) is 34.1 Å². The molecule has 0 saturated heterocycles. The first-order valence-corrected chi connectivity index (χ1v) is 7.66. The van der Waals surface area contributed by atoms with Crippen molar-refractivity contribution in [1.29, 1.82) is 0 Å². The summed E-state index contributed by atoms with van der Waals surface area (Å²) in [4.78, 5) is 0. The zero-order valence-electron chi connectivity index (χ0n) is 11.2. The Morgan fingerprint density at radius 3 is 2.89 bits per heavy atom. The highest BCUT2D eigenvalue weighted by Crippen LogP contribution is 2.26. The van der Waals surface area contributed by atoms with Crippen LogP contribution in [0, 0.1) is 6.92 Å². The van der Waals surface area contributed by atoms with E-state index in [0.717, 1.165) is 11.1 Å². The van der Waals surface area contributed by atoms with Gasteiger partial charge < -0.3 is 5.73 Å². The highest BCUT2D eigenvalue weighted by molar-refractivity contribution is 7.84. The summed E-state index contributed by atoms with van der Waals surface area (Å²) in [5, 5.41) is 11.8. The van der Waals surface area contributed by atoms with Crippen molar-refractivity contribution in [3.05, 3.63) is 23.8 Å².